The van der Waals surface area contributed by atoms with Gasteiger partial charge in [0.1, 0.15) is 11.5 Å². The molecule has 0 radical (unpaired) electrons. The van der Waals surface area contributed by atoms with Crippen molar-refractivity contribution in [2.45, 2.75) is 13.0 Å². The summed E-state index contributed by atoms with van der Waals surface area (Å²) in [5.74, 6) is 0.184. The summed E-state index contributed by atoms with van der Waals surface area (Å²) in [4.78, 5) is 30.3. The summed E-state index contributed by atoms with van der Waals surface area (Å²) in [5, 5.41) is 5.93. The van der Waals surface area contributed by atoms with Crippen LogP contribution in [0.4, 0.5) is 5.69 Å². The number of ether oxygens (including phenoxy) is 2. The summed E-state index contributed by atoms with van der Waals surface area (Å²) in [6, 6.07) is 8.97. The molecule has 1 aromatic carbocycles. The van der Waals surface area contributed by atoms with Crippen molar-refractivity contribution in [1.29, 1.82) is 0 Å². The van der Waals surface area contributed by atoms with Gasteiger partial charge in [-0.25, -0.2) is 0 Å². The molecular weight excluding hydrogens is 382 g/mol. The summed E-state index contributed by atoms with van der Waals surface area (Å²) in [7, 11) is 3.11. The quantitative estimate of drug-likeness (QED) is 0.689. The fourth-order valence-corrected chi connectivity index (χ4v) is 4.47. The van der Waals surface area contributed by atoms with E-state index in [1.54, 1.807) is 44.8 Å². The van der Waals surface area contributed by atoms with Crippen LogP contribution in [-0.4, -0.2) is 31.0 Å². The maximum Gasteiger partial charge on any atom is 0.229 e. The summed E-state index contributed by atoms with van der Waals surface area (Å²) in [5.41, 5.74) is 1.45. The third kappa shape index (κ3) is 3.87. The van der Waals surface area contributed by atoms with Crippen LogP contribution in [0.5, 0.6) is 11.5 Å². The van der Waals surface area contributed by atoms with Crippen LogP contribution in [-0.2, 0) is 16.1 Å². The molecule has 2 aromatic rings. The van der Waals surface area contributed by atoms with Crippen LogP contribution >= 0.6 is 0 Å². The number of hydrogen-bond donors (Lipinski definition) is 2. The minimum atomic E-state index is -0.426. The molecule has 7 nitrogen and oxygen atoms in total. The molecular formula is C23H25N3O4. The van der Waals surface area contributed by atoms with E-state index in [4.69, 9.17) is 9.47 Å². The zero-order valence-corrected chi connectivity index (χ0v) is 17.0. The lowest BCUT2D eigenvalue weighted by molar-refractivity contribution is -0.133. The number of anilines is 1. The van der Waals surface area contributed by atoms with Crippen LogP contribution < -0.4 is 20.1 Å². The van der Waals surface area contributed by atoms with Crippen LogP contribution in [0.2, 0.25) is 0 Å². The number of nitrogens with one attached hydrogen (secondary N) is 2. The number of rotatable bonds is 7. The Morgan fingerprint density at radius 2 is 1.83 bits per heavy atom. The topological polar surface area (TPSA) is 89.5 Å². The number of fused-ring (bicyclic) bond motifs is 2. The SMILES string of the molecule is COc1ccc(OC)c(NC(=O)[C@H]2[C@@H](C(=O)NCc3cccnc3)[C@H]3C=C[C@H]2C3)c1. The molecule has 0 unspecified atom stereocenters. The predicted octanol–water partition coefficient (Wildman–Crippen LogP) is 2.79. The number of methoxy groups -OCH3 is 2. The fraction of sp³-hybridized carbons (Fsp3) is 0.348. The Morgan fingerprint density at radius 3 is 2.50 bits per heavy atom. The van der Waals surface area contributed by atoms with Crippen molar-refractivity contribution in [2.75, 3.05) is 19.5 Å². The van der Waals surface area contributed by atoms with Gasteiger partial charge in [0.2, 0.25) is 11.8 Å². The first-order valence-corrected chi connectivity index (χ1v) is 9.98. The van der Waals surface area contributed by atoms with Crippen molar-refractivity contribution >= 4 is 17.5 Å². The highest BCUT2D eigenvalue weighted by Crippen LogP contribution is 2.48. The predicted molar refractivity (Wildman–Crippen MR) is 112 cm³/mol. The zero-order valence-electron chi connectivity index (χ0n) is 17.0. The maximum absolute atomic E-state index is 13.2. The zero-order chi connectivity index (χ0) is 21.1. The van der Waals surface area contributed by atoms with E-state index >= 15 is 0 Å². The van der Waals surface area contributed by atoms with Crippen molar-refractivity contribution in [2.24, 2.45) is 23.7 Å². The lowest BCUT2D eigenvalue weighted by Gasteiger charge is -2.26. The molecule has 30 heavy (non-hydrogen) atoms. The number of nitrogens with zero attached hydrogens (tertiary/aromatic N) is 1. The molecule has 2 bridgehead atoms. The van der Waals surface area contributed by atoms with Crippen LogP contribution in [0.25, 0.3) is 0 Å². The van der Waals surface area contributed by atoms with E-state index < -0.39 is 11.8 Å². The maximum atomic E-state index is 13.2. The second kappa shape index (κ2) is 8.57. The molecule has 0 saturated heterocycles. The summed E-state index contributed by atoms with van der Waals surface area (Å²) in [6.07, 6.45) is 8.36. The van der Waals surface area contributed by atoms with Crippen molar-refractivity contribution in [3.63, 3.8) is 0 Å². The van der Waals surface area contributed by atoms with Gasteiger partial charge in [0.15, 0.2) is 0 Å². The third-order valence-electron chi connectivity index (χ3n) is 5.92. The van der Waals surface area contributed by atoms with Gasteiger partial charge in [-0.1, -0.05) is 18.2 Å². The number of pyridine rings is 1. The first-order chi connectivity index (χ1) is 14.6. The minimum absolute atomic E-state index is 0.0562. The van der Waals surface area contributed by atoms with E-state index in [0.29, 0.717) is 23.7 Å². The molecule has 1 fully saturated rings. The Kier molecular flexibility index (Phi) is 5.70. The Bertz CT molecular complexity index is 960. The van der Waals surface area contributed by atoms with Crippen LogP contribution in [0.3, 0.4) is 0 Å². The Labute approximate surface area is 175 Å². The molecule has 1 saturated carbocycles. The number of carbonyl (C=O) groups excluding carboxylic acids is 2. The van der Waals surface area contributed by atoms with Crippen LogP contribution in [0, 0.1) is 23.7 Å². The van der Waals surface area contributed by atoms with Crippen molar-refractivity contribution in [3.8, 4) is 11.5 Å². The molecule has 2 aliphatic carbocycles. The number of allylic oxidation sites excluding steroid dienone is 2. The minimum Gasteiger partial charge on any atom is -0.497 e. The van der Waals surface area contributed by atoms with Gasteiger partial charge in [-0.2, -0.15) is 0 Å². The number of aromatic nitrogens is 1. The molecule has 4 rings (SSSR count). The van der Waals surface area contributed by atoms with Crippen molar-refractivity contribution in [1.82, 2.24) is 10.3 Å². The lowest BCUT2D eigenvalue weighted by atomic mass is 9.81. The number of benzene rings is 1. The van der Waals surface area contributed by atoms with Crippen LogP contribution in [0.15, 0.2) is 54.9 Å². The van der Waals surface area contributed by atoms with E-state index in [9.17, 15) is 9.59 Å². The van der Waals surface area contributed by atoms with Crippen molar-refractivity contribution in [3.05, 3.63) is 60.4 Å². The smallest absolute Gasteiger partial charge is 0.229 e. The normalized spacial score (nSPS) is 23.8. The highest BCUT2D eigenvalue weighted by atomic mass is 16.5. The molecule has 0 spiro atoms. The molecule has 2 aliphatic rings. The fourth-order valence-electron chi connectivity index (χ4n) is 4.47. The molecule has 1 aromatic heterocycles. The molecule has 1 heterocycles. The molecule has 2 N–H and O–H groups in total. The summed E-state index contributed by atoms with van der Waals surface area (Å²) >= 11 is 0. The van der Waals surface area contributed by atoms with E-state index in [-0.39, 0.29) is 23.7 Å². The van der Waals surface area contributed by atoms with Gasteiger partial charge in [-0.3, -0.25) is 14.6 Å². The lowest BCUT2D eigenvalue weighted by Crippen LogP contribution is -2.41. The molecule has 0 aliphatic heterocycles. The standard InChI is InChI=1S/C23H25N3O4/c1-29-17-7-8-19(30-2)18(11-17)26-23(28)21-16-6-5-15(10-16)20(21)22(27)25-13-14-4-3-9-24-12-14/h3-9,11-12,15-16,20-21H,10,13H2,1-2H3,(H,25,27)(H,26,28)/t15-,16-,20-,21+/m0/s1. The van der Waals surface area contributed by atoms with E-state index in [1.165, 1.54) is 0 Å². The van der Waals surface area contributed by atoms with E-state index in [0.717, 1.165) is 12.0 Å². The van der Waals surface area contributed by atoms with Gasteiger partial charge in [-0.05, 0) is 42.0 Å². The Morgan fingerprint density at radius 1 is 1.07 bits per heavy atom. The number of hydrogen-bond acceptors (Lipinski definition) is 5. The second-order valence-corrected chi connectivity index (χ2v) is 7.63. The van der Waals surface area contributed by atoms with Gasteiger partial charge in [0.25, 0.3) is 0 Å². The van der Waals surface area contributed by atoms with Crippen LogP contribution in [0.1, 0.15) is 12.0 Å². The van der Waals surface area contributed by atoms with E-state index in [1.807, 2.05) is 12.1 Å². The highest BCUT2D eigenvalue weighted by Gasteiger charge is 2.51. The van der Waals surface area contributed by atoms with Gasteiger partial charge >= 0.3 is 0 Å². The monoisotopic (exact) mass is 407 g/mol. The largest absolute Gasteiger partial charge is 0.497 e. The first-order valence-electron chi connectivity index (χ1n) is 9.98. The van der Waals surface area contributed by atoms with Crippen molar-refractivity contribution < 1.29 is 19.1 Å². The van der Waals surface area contributed by atoms with Gasteiger partial charge in [0.05, 0.1) is 31.7 Å². The van der Waals surface area contributed by atoms with Gasteiger partial charge in [0, 0.05) is 25.0 Å². The molecule has 7 heteroatoms. The Balaban J connectivity index is 1.50. The number of carbonyl (C=O) groups is 2. The van der Waals surface area contributed by atoms with E-state index in [2.05, 4.69) is 27.8 Å². The summed E-state index contributed by atoms with van der Waals surface area (Å²) in [6.45, 7) is 0.391. The second-order valence-electron chi connectivity index (χ2n) is 7.63. The average molecular weight is 407 g/mol. The van der Waals surface area contributed by atoms with Gasteiger partial charge < -0.3 is 20.1 Å². The summed E-state index contributed by atoms with van der Waals surface area (Å²) < 4.78 is 10.6. The average Bonchev–Trinajstić information content (AvgIpc) is 3.40. The number of amides is 2. The third-order valence-corrected chi connectivity index (χ3v) is 5.92. The molecule has 4 atom stereocenters. The Hall–Kier alpha value is -3.35. The molecule has 2 amide bonds. The molecule has 156 valence electrons. The first kappa shape index (κ1) is 19.9. The van der Waals surface area contributed by atoms with Gasteiger partial charge in [-0.15, -0.1) is 0 Å². The highest BCUT2D eigenvalue weighted by molar-refractivity contribution is 5.98.